The van der Waals surface area contributed by atoms with Gasteiger partial charge in [0.25, 0.3) is 0 Å². The van der Waals surface area contributed by atoms with Crippen molar-refractivity contribution in [1.82, 2.24) is 14.5 Å². The predicted octanol–water partition coefficient (Wildman–Crippen LogP) is -0.894. The highest BCUT2D eigenvalue weighted by Crippen LogP contribution is 2.03. The standard InChI is InChI=1S/C12H25N3O4S/c1-3-19-12(16)4-11-20(17,18)14(2)9-10-15-7-5-13-6-8-15/h13H,3-11H2,1-2H3. The molecule has 0 amide bonds. The molecule has 0 aromatic rings. The first-order chi connectivity index (χ1) is 9.45. The Morgan fingerprint density at radius 1 is 1.35 bits per heavy atom. The number of ether oxygens (including phenoxy) is 1. The summed E-state index contributed by atoms with van der Waals surface area (Å²) in [4.78, 5) is 13.4. The van der Waals surface area contributed by atoms with Crippen molar-refractivity contribution in [3.8, 4) is 0 Å². The molecule has 0 saturated carbocycles. The number of nitrogens with one attached hydrogen (secondary N) is 1. The minimum absolute atomic E-state index is 0.0891. The first-order valence-electron chi connectivity index (χ1n) is 6.98. The highest BCUT2D eigenvalue weighted by atomic mass is 32.2. The zero-order valence-corrected chi connectivity index (χ0v) is 13.1. The second-order valence-corrected chi connectivity index (χ2v) is 6.98. The second-order valence-electron chi connectivity index (χ2n) is 4.78. The molecule has 0 aromatic carbocycles. The lowest BCUT2D eigenvalue weighted by Crippen LogP contribution is -2.46. The molecule has 1 saturated heterocycles. The highest BCUT2D eigenvalue weighted by molar-refractivity contribution is 7.89. The Morgan fingerprint density at radius 2 is 2.00 bits per heavy atom. The molecule has 20 heavy (non-hydrogen) atoms. The summed E-state index contributed by atoms with van der Waals surface area (Å²) in [5.41, 5.74) is 0. The molecule has 1 rings (SSSR count). The number of sulfonamides is 1. The first-order valence-corrected chi connectivity index (χ1v) is 8.59. The number of likely N-dealkylation sites (N-methyl/N-ethyl adjacent to an activating group) is 1. The molecule has 1 aliphatic rings. The lowest BCUT2D eigenvalue weighted by atomic mass is 10.3. The summed E-state index contributed by atoms with van der Waals surface area (Å²) >= 11 is 0. The van der Waals surface area contributed by atoms with Crippen LogP contribution in [0.15, 0.2) is 0 Å². The molecule has 0 spiro atoms. The topological polar surface area (TPSA) is 79.0 Å². The number of carbonyl (C=O) groups excluding carboxylic acids is 1. The van der Waals surface area contributed by atoms with Crippen LogP contribution in [0.25, 0.3) is 0 Å². The van der Waals surface area contributed by atoms with Crippen LogP contribution in [0.4, 0.5) is 0 Å². The number of hydrogen-bond acceptors (Lipinski definition) is 6. The fraction of sp³-hybridized carbons (Fsp3) is 0.917. The maximum atomic E-state index is 12.0. The van der Waals surface area contributed by atoms with Crippen LogP contribution in [-0.2, 0) is 19.6 Å². The van der Waals surface area contributed by atoms with Gasteiger partial charge in [-0.15, -0.1) is 0 Å². The number of carbonyl (C=O) groups is 1. The zero-order chi connectivity index (χ0) is 15.0. The van der Waals surface area contributed by atoms with Gasteiger partial charge in [-0.1, -0.05) is 0 Å². The van der Waals surface area contributed by atoms with Gasteiger partial charge in [0, 0.05) is 46.3 Å². The van der Waals surface area contributed by atoms with E-state index in [2.05, 4.69) is 10.2 Å². The average molecular weight is 307 g/mol. The maximum Gasteiger partial charge on any atom is 0.306 e. The first kappa shape index (κ1) is 17.4. The molecular weight excluding hydrogens is 282 g/mol. The molecule has 0 radical (unpaired) electrons. The third-order valence-corrected chi connectivity index (χ3v) is 5.14. The third-order valence-electron chi connectivity index (χ3n) is 3.29. The van der Waals surface area contributed by atoms with Crippen molar-refractivity contribution < 1.29 is 17.9 Å². The van der Waals surface area contributed by atoms with E-state index >= 15 is 0 Å². The van der Waals surface area contributed by atoms with Crippen molar-refractivity contribution in [2.75, 3.05) is 58.7 Å². The summed E-state index contributed by atoms with van der Waals surface area (Å²) in [6.07, 6.45) is -0.0891. The smallest absolute Gasteiger partial charge is 0.306 e. The molecule has 1 aliphatic heterocycles. The lowest BCUT2D eigenvalue weighted by molar-refractivity contribution is -0.142. The van der Waals surface area contributed by atoms with Gasteiger partial charge < -0.3 is 10.1 Å². The van der Waals surface area contributed by atoms with E-state index in [-0.39, 0.29) is 18.8 Å². The molecule has 1 heterocycles. The van der Waals surface area contributed by atoms with E-state index in [1.54, 1.807) is 14.0 Å². The van der Waals surface area contributed by atoms with E-state index < -0.39 is 16.0 Å². The third kappa shape index (κ3) is 6.17. The highest BCUT2D eigenvalue weighted by Gasteiger charge is 2.20. The molecule has 0 unspecified atom stereocenters. The summed E-state index contributed by atoms with van der Waals surface area (Å²) in [5, 5.41) is 3.25. The molecule has 0 aromatic heterocycles. The van der Waals surface area contributed by atoms with Crippen LogP contribution in [0.3, 0.4) is 0 Å². The van der Waals surface area contributed by atoms with E-state index in [1.165, 1.54) is 4.31 Å². The summed E-state index contributed by atoms with van der Waals surface area (Å²) in [6, 6.07) is 0. The van der Waals surface area contributed by atoms with Crippen LogP contribution in [0.1, 0.15) is 13.3 Å². The Labute approximate surface area is 121 Å². The second kappa shape index (κ2) is 8.56. The van der Waals surface area contributed by atoms with Gasteiger partial charge in [0.1, 0.15) is 0 Å². The SMILES string of the molecule is CCOC(=O)CCS(=O)(=O)N(C)CCN1CCNCC1. The van der Waals surface area contributed by atoms with Gasteiger partial charge in [0.2, 0.25) is 10.0 Å². The van der Waals surface area contributed by atoms with Gasteiger partial charge in [0.05, 0.1) is 18.8 Å². The van der Waals surface area contributed by atoms with Gasteiger partial charge >= 0.3 is 5.97 Å². The molecule has 1 N–H and O–H groups in total. The van der Waals surface area contributed by atoms with Gasteiger partial charge in [-0.25, -0.2) is 12.7 Å². The van der Waals surface area contributed by atoms with E-state index in [0.717, 1.165) is 32.7 Å². The fourth-order valence-electron chi connectivity index (χ4n) is 1.96. The molecule has 8 heteroatoms. The summed E-state index contributed by atoms with van der Waals surface area (Å²) in [6.45, 7) is 6.91. The minimum atomic E-state index is -3.38. The number of nitrogens with zero attached hydrogens (tertiary/aromatic N) is 2. The van der Waals surface area contributed by atoms with E-state index in [0.29, 0.717) is 6.54 Å². The van der Waals surface area contributed by atoms with Gasteiger partial charge in [-0.2, -0.15) is 0 Å². The van der Waals surface area contributed by atoms with Crippen molar-refractivity contribution in [3.05, 3.63) is 0 Å². The quantitative estimate of drug-likeness (QED) is 0.586. The molecule has 118 valence electrons. The Hall–Kier alpha value is -0.700. The van der Waals surface area contributed by atoms with E-state index in [1.807, 2.05) is 0 Å². The molecule has 0 atom stereocenters. The molecule has 0 aliphatic carbocycles. The van der Waals surface area contributed by atoms with Gasteiger partial charge in [0.15, 0.2) is 0 Å². The van der Waals surface area contributed by atoms with E-state index in [4.69, 9.17) is 4.74 Å². The molecule has 7 nitrogen and oxygen atoms in total. The van der Waals surface area contributed by atoms with Crippen LogP contribution < -0.4 is 5.32 Å². The van der Waals surface area contributed by atoms with Crippen molar-refractivity contribution in [3.63, 3.8) is 0 Å². The summed E-state index contributed by atoms with van der Waals surface area (Å²) in [5.74, 6) is -0.657. The zero-order valence-electron chi connectivity index (χ0n) is 12.3. The van der Waals surface area contributed by atoms with Gasteiger partial charge in [-0.3, -0.25) is 9.69 Å². The number of esters is 1. The number of piperazine rings is 1. The fourth-order valence-corrected chi connectivity index (χ4v) is 3.05. The largest absolute Gasteiger partial charge is 0.466 e. The summed E-state index contributed by atoms with van der Waals surface area (Å²) in [7, 11) is -1.83. The molecule has 0 bridgehead atoms. The lowest BCUT2D eigenvalue weighted by Gasteiger charge is -2.28. The Balaban J connectivity index is 2.32. The number of hydrogen-bond donors (Lipinski definition) is 1. The Morgan fingerprint density at radius 3 is 2.60 bits per heavy atom. The summed E-state index contributed by atoms with van der Waals surface area (Å²) < 4.78 is 30.1. The number of rotatable bonds is 8. The monoisotopic (exact) mass is 307 g/mol. The average Bonchev–Trinajstić information content (AvgIpc) is 2.44. The van der Waals surface area contributed by atoms with Gasteiger partial charge in [-0.05, 0) is 6.92 Å². The van der Waals surface area contributed by atoms with Crippen LogP contribution >= 0.6 is 0 Å². The van der Waals surface area contributed by atoms with Crippen molar-refractivity contribution >= 4 is 16.0 Å². The van der Waals surface area contributed by atoms with Crippen LogP contribution in [0, 0.1) is 0 Å². The predicted molar refractivity (Wildman–Crippen MR) is 77.0 cm³/mol. The normalized spacial score (nSPS) is 17.4. The van der Waals surface area contributed by atoms with Crippen LogP contribution in [0.2, 0.25) is 0 Å². The van der Waals surface area contributed by atoms with E-state index in [9.17, 15) is 13.2 Å². The maximum absolute atomic E-state index is 12.0. The minimum Gasteiger partial charge on any atom is -0.466 e. The Bertz CT molecular complexity index is 394. The van der Waals surface area contributed by atoms with Crippen LogP contribution in [-0.4, -0.2) is 82.3 Å². The van der Waals surface area contributed by atoms with Crippen LogP contribution in [0.5, 0.6) is 0 Å². The van der Waals surface area contributed by atoms with Crippen molar-refractivity contribution in [2.24, 2.45) is 0 Å². The molecule has 1 fully saturated rings. The van der Waals surface area contributed by atoms with Crippen molar-refractivity contribution in [1.29, 1.82) is 0 Å². The Kier molecular flexibility index (Phi) is 7.42. The molecular formula is C12H25N3O4S. The van der Waals surface area contributed by atoms with Crippen molar-refractivity contribution in [2.45, 2.75) is 13.3 Å².